The van der Waals surface area contributed by atoms with Crippen LogP contribution < -0.4 is 5.32 Å². The van der Waals surface area contributed by atoms with Crippen molar-refractivity contribution in [3.05, 3.63) is 48.4 Å². The van der Waals surface area contributed by atoms with Gasteiger partial charge < -0.3 is 5.32 Å². The van der Waals surface area contributed by atoms with Crippen molar-refractivity contribution in [3.63, 3.8) is 0 Å². The lowest BCUT2D eigenvalue weighted by Gasteiger charge is -2.06. The molecule has 0 aliphatic rings. The number of rotatable bonds is 4. The van der Waals surface area contributed by atoms with E-state index in [9.17, 15) is 0 Å². The maximum atomic E-state index is 3.70. The highest BCUT2D eigenvalue weighted by Gasteiger charge is 1.89. The molecule has 0 aliphatic heterocycles. The van der Waals surface area contributed by atoms with Crippen LogP contribution >= 0.6 is 0 Å². The summed E-state index contributed by atoms with van der Waals surface area (Å²) < 4.78 is 0. The molecule has 0 bridgehead atoms. The first-order valence-electron chi connectivity index (χ1n) is 4.13. The highest BCUT2D eigenvalue weighted by Crippen LogP contribution is 1.98. The Hall–Kier alpha value is -1.24. The Balaban J connectivity index is 4.31. The number of allylic oxidation sites excluding steroid dienone is 5. The largest absolute Gasteiger partial charge is 0.356 e. The van der Waals surface area contributed by atoms with Crippen molar-refractivity contribution in [2.75, 3.05) is 0 Å². The van der Waals surface area contributed by atoms with E-state index in [0.29, 0.717) is 0 Å². The third-order valence-corrected chi connectivity index (χ3v) is 1.48. The molecule has 0 heterocycles. The topological polar surface area (TPSA) is 12.0 Å². The third-order valence-electron chi connectivity index (χ3n) is 1.48. The van der Waals surface area contributed by atoms with E-state index in [1.54, 1.807) is 6.08 Å². The second-order valence-corrected chi connectivity index (χ2v) is 2.32. The van der Waals surface area contributed by atoms with Crippen molar-refractivity contribution in [2.45, 2.75) is 20.8 Å². The summed E-state index contributed by atoms with van der Waals surface area (Å²) in [5.41, 5.74) is 2.12. The summed E-state index contributed by atoms with van der Waals surface area (Å²) >= 11 is 0. The molecule has 0 atom stereocenters. The van der Waals surface area contributed by atoms with Crippen LogP contribution in [0, 0.1) is 0 Å². The highest BCUT2D eigenvalue weighted by atomic mass is 14.9. The minimum atomic E-state index is 1.03. The summed E-state index contributed by atoms with van der Waals surface area (Å²) in [6.45, 7) is 9.67. The smallest absolute Gasteiger partial charge is 0.0337 e. The van der Waals surface area contributed by atoms with E-state index in [1.807, 2.05) is 45.1 Å². The van der Waals surface area contributed by atoms with Gasteiger partial charge in [-0.2, -0.15) is 0 Å². The Morgan fingerprint density at radius 1 is 1.08 bits per heavy atom. The first-order chi connectivity index (χ1) is 5.78. The van der Waals surface area contributed by atoms with E-state index in [-0.39, 0.29) is 0 Å². The highest BCUT2D eigenvalue weighted by molar-refractivity contribution is 5.25. The predicted octanol–water partition coefficient (Wildman–Crippen LogP) is 3.15. The third kappa shape index (κ3) is 3.81. The SMILES string of the molecule is C=C/C(=C\C)NC(/C=C\C)=C/C. The van der Waals surface area contributed by atoms with Gasteiger partial charge in [-0.15, -0.1) is 0 Å². The summed E-state index contributed by atoms with van der Waals surface area (Å²) in [4.78, 5) is 0. The van der Waals surface area contributed by atoms with E-state index in [4.69, 9.17) is 0 Å². The Labute approximate surface area is 75.2 Å². The molecule has 1 N–H and O–H groups in total. The van der Waals surface area contributed by atoms with Crippen molar-refractivity contribution >= 4 is 0 Å². The lowest BCUT2D eigenvalue weighted by Crippen LogP contribution is -2.08. The van der Waals surface area contributed by atoms with Gasteiger partial charge in [0.25, 0.3) is 0 Å². The first-order valence-corrected chi connectivity index (χ1v) is 4.13. The molecule has 0 saturated heterocycles. The zero-order valence-corrected chi connectivity index (χ0v) is 8.09. The maximum Gasteiger partial charge on any atom is 0.0337 e. The fraction of sp³-hybridized carbons (Fsp3) is 0.273. The Kier molecular flexibility index (Phi) is 5.80. The summed E-state index contributed by atoms with van der Waals surface area (Å²) in [5.74, 6) is 0. The van der Waals surface area contributed by atoms with E-state index in [0.717, 1.165) is 11.4 Å². The predicted molar refractivity (Wildman–Crippen MR) is 55.7 cm³/mol. The van der Waals surface area contributed by atoms with E-state index < -0.39 is 0 Å². The number of hydrogen-bond donors (Lipinski definition) is 1. The molecule has 0 aromatic rings. The molecule has 0 aliphatic carbocycles. The molecule has 0 radical (unpaired) electrons. The second kappa shape index (κ2) is 6.47. The van der Waals surface area contributed by atoms with Gasteiger partial charge in [-0.25, -0.2) is 0 Å². The van der Waals surface area contributed by atoms with Crippen molar-refractivity contribution in [1.82, 2.24) is 5.32 Å². The molecular weight excluding hydrogens is 146 g/mol. The van der Waals surface area contributed by atoms with Crippen molar-refractivity contribution in [2.24, 2.45) is 0 Å². The quantitative estimate of drug-likeness (QED) is 0.628. The van der Waals surface area contributed by atoms with Crippen LogP contribution in [0.1, 0.15) is 20.8 Å². The molecule has 0 aromatic heterocycles. The summed E-state index contributed by atoms with van der Waals surface area (Å²) in [6.07, 6.45) is 9.83. The Morgan fingerprint density at radius 3 is 2.00 bits per heavy atom. The fourth-order valence-corrected chi connectivity index (χ4v) is 0.797. The summed E-state index contributed by atoms with van der Waals surface area (Å²) in [7, 11) is 0. The van der Waals surface area contributed by atoms with Crippen molar-refractivity contribution in [1.29, 1.82) is 0 Å². The van der Waals surface area contributed by atoms with Gasteiger partial charge in [0.15, 0.2) is 0 Å². The second-order valence-electron chi connectivity index (χ2n) is 2.32. The minimum Gasteiger partial charge on any atom is -0.356 e. The van der Waals surface area contributed by atoms with Crippen LogP contribution in [0.25, 0.3) is 0 Å². The summed E-state index contributed by atoms with van der Waals surface area (Å²) in [5, 5.41) is 3.22. The lowest BCUT2D eigenvalue weighted by atomic mass is 10.3. The average Bonchev–Trinajstić information content (AvgIpc) is 2.12. The van der Waals surface area contributed by atoms with Crippen LogP contribution in [0.4, 0.5) is 0 Å². The molecule has 66 valence electrons. The molecule has 0 fully saturated rings. The van der Waals surface area contributed by atoms with Gasteiger partial charge in [0.05, 0.1) is 0 Å². The molecular formula is C11H17N. The molecule has 0 rings (SSSR count). The minimum absolute atomic E-state index is 1.03. The monoisotopic (exact) mass is 163 g/mol. The van der Waals surface area contributed by atoms with E-state index >= 15 is 0 Å². The van der Waals surface area contributed by atoms with Crippen molar-refractivity contribution < 1.29 is 0 Å². The van der Waals surface area contributed by atoms with Gasteiger partial charge in [0, 0.05) is 11.4 Å². The van der Waals surface area contributed by atoms with E-state index in [2.05, 4.69) is 11.9 Å². The van der Waals surface area contributed by atoms with Crippen LogP contribution in [-0.2, 0) is 0 Å². The molecule has 0 aromatic carbocycles. The Morgan fingerprint density at radius 2 is 1.67 bits per heavy atom. The van der Waals surface area contributed by atoms with Crippen LogP contribution in [0.2, 0.25) is 0 Å². The van der Waals surface area contributed by atoms with Gasteiger partial charge in [-0.1, -0.05) is 24.8 Å². The first kappa shape index (κ1) is 10.8. The molecule has 1 heteroatoms. The molecule has 0 unspecified atom stereocenters. The van der Waals surface area contributed by atoms with Gasteiger partial charge in [0.2, 0.25) is 0 Å². The summed E-state index contributed by atoms with van der Waals surface area (Å²) in [6, 6.07) is 0. The maximum absolute atomic E-state index is 3.70. The normalized spacial score (nSPS) is 13.6. The molecule has 1 nitrogen and oxygen atoms in total. The van der Waals surface area contributed by atoms with Gasteiger partial charge in [-0.3, -0.25) is 0 Å². The van der Waals surface area contributed by atoms with Crippen molar-refractivity contribution in [3.8, 4) is 0 Å². The lowest BCUT2D eigenvalue weighted by molar-refractivity contribution is 1.03. The standard InChI is InChI=1S/C11H17N/c1-5-9-11(8-4)12-10(6-2)7-3/h5-9,12H,2H2,1,3-4H3/b9-5-,10-7+,11-8+. The van der Waals surface area contributed by atoms with Crippen LogP contribution in [0.15, 0.2) is 48.4 Å². The molecule has 12 heavy (non-hydrogen) atoms. The van der Waals surface area contributed by atoms with Gasteiger partial charge in [-0.05, 0) is 32.9 Å². The van der Waals surface area contributed by atoms with Gasteiger partial charge >= 0.3 is 0 Å². The molecule has 0 saturated carbocycles. The number of nitrogens with one attached hydrogen (secondary N) is 1. The van der Waals surface area contributed by atoms with Gasteiger partial charge in [0.1, 0.15) is 0 Å². The molecule has 0 spiro atoms. The zero-order valence-electron chi connectivity index (χ0n) is 8.09. The average molecular weight is 163 g/mol. The molecule has 0 amide bonds. The van der Waals surface area contributed by atoms with Crippen LogP contribution in [0.5, 0.6) is 0 Å². The van der Waals surface area contributed by atoms with E-state index in [1.165, 1.54) is 0 Å². The Bertz CT molecular complexity index is 219. The fourth-order valence-electron chi connectivity index (χ4n) is 0.797. The van der Waals surface area contributed by atoms with Crippen LogP contribution in [0.3, 0.4) is 0 Å². The number of hydrogen-bond acceptors (Lipinski definition) is 1. The van der Waals surface area contributed by atoms with Crippen LogP contribution in [-0.4, -0.2) is 0 Å². The zero-order chi connectivity index (χ0) is 9.40.